The molecule has 2 rings (SSSR count). The maximum Gasteiger partial charge on any atom is 0.167 e. The fourth-order valence-corrected chi connectivity index (χ4v) is 1.94. The minimum absolute atomic E-state index is 0.0912. The molecule has 0 spiro atoms. The minimum Gasteiger partial charge on any atom is -0.489 e. The maximum atomic E-state index is 8.25. The number of azide groups is 1. The Morgan fingerprint density at radius 1 is 1.00 bits per heavy atom. The van der Waals surface area contributed by atoms with Crippen LogP contribution in [0.15, 0.2) is 47.6 Å². The van der Waals surface area contributed by atoms with Crippen LogP contribution in [0, 0.1) is 0 Å². The average molecular weight is 324 g/mol. The molecule has 21 heavy (non-hydrogen) atoms. The standard InChI is InChI=1S/C14H11Cl2N3O2/c15-11-1-4-13(5-2-11)20-8-10-7-12(16)3-6-14(10)21-9-18-19-17/h1-7H,8-9H2. The number of benzene rings is 2. The molecule has 7 heteroatoms. The molecule has 0 aliphatic rings. The van der Waals surface area contributed by atoms with Crippen LogP contribution >= 0.6 is 23.2 Å². The van der Waals surface area contributed by atoms with Gasteiger partial charge in [0.25, 0.3) is 0 Å². The number of halogens is 2. The highest BCUT2D eigenvalue weighted by atomic mass is 35.5. The van der Waals surface area contributed by atoms with Gasteiger partial charge >= 0.3 is 0 Å². The van der Waals surface area contributed by atoms with E-state index in [1.807, 2.05) is 0 Å². The lowest BCUT2D eigenvalue weighted by Crippen LogP contribution is -2.01. The van der Waals surface area contributed by atoms with Gasteiger partial charge in [-0.15, -0.1) is 0 Å². The van der Waals surface area contributed by atoms with Gasteiger partial charge in [-0.3, -0.25) is 0 Å². The van der Waals surface area contributed by atoms with E-state index in [-0.39, 0.29) is 13.3 Å². The molecule has 0 atom stereocenters. The Bertz CT molecular complexity index is 656. The summed E-state index contributed by atoms with van der Waals surface area (Å²) >= 11 is 11.8. The Morgan fingerprint density at radius 2 is 1.71 bits per heavy atom. The van der Waals surface area contributed by atoms with Crippen LogP contribution in [0.4, 0.5) is 0 Å². The zero-order chi connectivity index (χ0) is 15.1. The monoisotopic (exact) mass is 323 g/mol. The van der Waals surface area contributed by atoms with Crippen LogP contribution in [-0.4, -0.2) is 6.73 Å². The molecule has 2 aromatic rings. The molecule has 0 saturated heterocycles. The molecule has 0 aliphatic carbocycles. The van der Waals surface area contributed by atoms with Crippen LogP contribution in [0.5, 0.6) is 11.5 Å². The zero-order valence-corrected chi connectivity index (χ0v) is 12.4. The smallest absolute Gasteiger partial charge is 0.167 e. The predicted molar refractivity (Wildman–Crippen MR) is 81.9 cm³/mol. The van der Waals surface area contributed by atoms with E-state index in [1.54, 1.807) is 42.5 Å². The van der Waals surface area contributed by atoms with Gasteiger partial charge in [-0.2, -0.15) is 0 Å². The number of rotatable bonds is 6. The lowest BCUT2D eigenvalue weighted by atomic mass is 10.2. The second-order valence-corrected chi connectivity index (χ2v) is 4.87. The Balaban J connectivity index is 2.08. The molecule has 0 fully saturated rings. The van der Waals surface area contributed by atoms with E-state index < -0.39 is 0 Å². The lowest BCUT2D eigenvalue weighted by Gasteiger charge is -2.12. The highest BCUT2D eigenvalue weighted by molar-refractivity contribution is 6.30. The molecule has 0 saturated carbocycles. The molecule has 0 bridgehead atoms. The third-order valence-electron chi connectivity index (χ3n) is 2.57. The van der Waals surface area contributed by atoms with Crippen molar-refractivity contribution in [3.05, 3.63) is 68.5 Å². The SMILES string of the molecule is [N-]=[N+]=NCOc1ccc(Cl)cc1COc1ccc(Cl)cc1. The van der Waals surface area contributed by atoms with E-state index in [0.29, 0.717) is 21.5 Å². The molecule has 2 aromatic carbocycles. The van der Waals surface area contributed by atoms with Crippen molar-refractivity contribution in [2.75, 3.05) is 6.73 Å². The van der Waals surface area contributed by atoms with Crippen LogP contribution in [-0.2, 0) is 6.61 Å². The van der Waals surface area contributed by atoms with Gasteiger partial charge in [-0.05, 0) is 48.0 Å². The van der Waals surface area contributed by atoms with E-state index in [1.165, 1.54) is 0 Å². The fourth-order valence-electron chi connectivity index (χ4n) is 1.62. The second-order valence-electron chi connectivity index (χ2n) is 4.00. The van der Waals surface area contributed by atoms with E-state index in [2.05, 4.69) is 10.0 Å². The molecular formula is C14H11Cl2N3O2. The molecule has 108 valence electrons. The van der Waals surface area contributed by atoms with Crippen molar-refractivity contribution in [2.24, 2.45) is 5.11 Å². The third-order valence-corrected chi connectivity index (χ3v) is 3.06. The molecule has 0 aromatic heterocycles. The van der Waals surface area contributed by atoms with Crippen LogP contribution in [0.2, 0.25) is 10.0 Å². The van der Waals surface area contributed by atoms with E-state index in [4.69, 9.17) is 38.2 Å². The highest BCUT2D eigenvalue weighted by Crippen LogP contribution is 2.25. The Kier molecular flexibility index (Phi) is 5.58. The second kappa shape index (κ2) is 7.64. The van der Waals surface area contributed by atoms with Gasteiger partial charge in [0.1, 0.15) is 18.1 Å². The van der Waals surface area contributed by atoms with E-state index >= 15 is 0 Å². The summed E-state index contributed by atoms with van der Waals surface area (Å²) < 4.78 is 11.0. The Labute approximate surface area is 131 Å². The van der Waals surface area contributed by atoms with E-state index in [9.17, 15) is 0 Å². The first kappa shape index (κ1) is 15.3. The molecule has 0 unspecified atom stereocenters. The molecule has 5 nitrogen and oxygen atoms in total. The molecule has 0 amide bonds. The van der Waals surface area contributed by atoms with E-state index in [0.717, 1.165) is 5.56 Å². The maximum absolute atomic E-state index is 8.25. The van der Waals surface area contributed by atoms with Crippen molar-refractivity contribution < 1.29 is 9.47 Å². The lowest BCUT2D eigenvalue weighted by molar-refractivity contribution is 0.283. The van der Waals surface area contributed by atoms with Gasteiger partial charge in [0.2, 0.25) is 0 Å². The summed E-state index contributed by atoms with van der Waals surface area (Å²) in [6.45, 7) is 0.180. The molecule has 0 heterocycles. The number of hydrogen-bond acceptors (Lipinski definition) is 3. The normalized spacial score (nSPS) is 9.81. The van der Waals surface area contributed by atoms with Crippen LogP contribution < -0.4 is 9.47 Å². The average Bonchev–Trinajstić information content (AvgIpc) is 2.49. The minimum atomic E-state index is -0.0912. The summed E-state index contributed by atoms with van der Waals surface area (Å²) in [6.07, 6.45) is 0. The Morgan fingerprint density at radius 3 is 2.43 bits per heavy atom. The van der Waals surface area contributed by atoms with Gasteiger partial charge < -0.3 is 9.47 Å². The first-order valence-electron chi connectivity index (χ1n) is 5.99. The topological polar surface area (TPSA) is 67.2 Å². The van der Waals surface area contributed by atoms with Crippen molar-refractivity contribution in [1.29, 1.82) is 0 Å². The third kappa shape index (κ3) is 4.76. The Hall–Kier alpha value is -2.07. The van der Waals surface area contributed by atoms with Gasteiger partial charge in [0, 0.05) is 20.5 Å². The van der Waals surface area contributed by atoms with Crippen LogP contribution in [0.25, 0.3) is 10.4 Å². The molecule has 0 N–H and O–H groups in total. The summed E-state index contributed by atoms with van der Waals surface area (Å²) in [5, 5.41) is 4.54. The van der Waals surface area contributed by atoms with Crippen molar-refractivity contribution in [3.8, 4) is 11.5 Å². The number of hydrogen-bond donors (Lipinski definition) is 0. The van der Waals surface area contributed by atoms with Crippen molar-refractivity contribution in [3.63, 3.8) is 0 Å². The van der Waals surface area contributed by atoms with Crippen molar-refractivity contribution in [2.45, 2.75) is 6.61 Å². The summed E-state index contributed by atoms with van der Waals surface area (Å²) in [6, 6.07) is 12.2. The van der Waals surface area contributed by atoms with Crippen molar-refractivity contribution in [1.82, 2.24) is 0 Å². The van der Waals surface area contributed by atoms with Crippen LogP contribution in [0.3, 0.4) is 0 Å². The predicted octanol–water partition coefficient (Wildman–Crippen LogP) is 5.22. The van der Waals surface area contributed by atoms with Gasteiger partial charge in [-0.25, -0.2) is 0 Å². The fraction of sp³-hybridized carbons (Fsp3) is 0.143. The summed E-state index contributed by atoms with van der Waals surface area (Å²) in [5.74, 6) is 1.24. The first-order chi connectivity index (χ1) is 10.2. The van der Waals surface area contributed by atoms with Gasteiger partial charge in [-0.1, -0.05) is 28.3 Å². The molecular weight excluding hydrogens is 313 g/mol. The molecule has 0 radical (unpaired) electrons. The largest absolute Gasteiger partial charge is 0.489 e. The molecule has 0 aliphatic heterocycles. The first-order valence-corrected chi connectivity index (χ1v) is 6.75. The summed E-state index contributed by atoms with van der Waals surface area (Å²) in [4.78, 5) is 2.63. The van der Waals surface area contributed by atoms with Crippen molar-refractivity contribution >= 4 is 23.2 Å². The highest BCUT2D eigenvalue weighted by Gasteiger charge is 2.06. The summed E-state index contributed by atoms with van der Waals surface area (Å²) in [5.41, 5.74) is 9.01. The zero-order valence-electron chi connectivity index (χ0n) is 10.9. The van der Waals surface area contributed by atoms with Gasteiger partial charge in [0.15, 0.2) is 6.73 Å². The quantitative estimate of drug-likeness (QED) is 0.415. The number of ether oxygens (including phenoxy) is 2. The van der Waals surface area contributed by atoms with Crippen LogP contribution in [0.1, 0.15) is 5.56 Å². The number of nitrogens with zero attached hydrogens (tertiary/aromatic N) is 3. The summed E-state index contributed by atoms with van der Waals surface area (Å²) in [7, 11) is 0. The van der Waals surface area contributed by atoms with Gasteiger partial charge in [0.05, 0.1) is 0 Å².